The van der Waals surface area contributed by atoms with Gasteiger partial charge in [-0.1, -0.05) is 53.0 Å². The van der Waals surface area contributed by atoms with E-state index in [4.69, 9.17) is 32.7 Å². The van der Waals surface area contributed by atoms with Gasteiger partial charge < -0.3 is 14.8 Å². The van der Waals surface area contributed by atoms with Crippen molar-refractivity contribution in [2.45, 2.75) is 20.5 Å². The van der Waals surface area contributed by atoms with Gasteiger partial charge in [0.1, 0.15) is 6.61 Å². The van der Waals surface area contributed by atoms with Crippen LogP contribution in [0.2, 0.25) is 10.0 Å². The van der Waals surface area contributed by atoms with Crippen LogP contribution in [0.3, 0.4) is 0 Å². The average Bonchev–Trinajstić information content (AvgIpc) is 2.70. The van der Waals surface area contributed by atoms with Gasteiger partial charge in [-0.3, -0.25) is 4.79 Å². The summed E-state index contributed by atoms with van der Waals surface area (Å²) in [5.41, 5.74) is 3.16. The summed E-state index contributed by atoms with van der Waals surface area (Å²) < 4.78 is 11.6. The van der Waals surface area contributed by atoms with Crippen LogP contribution in [0.15, 0.2) is 60.7 Å². The predicted molar refractivity (Wildman–Crippen MR) is 118 cm³/mol. The molecule has 6 heteroatoms. The van der Waals surface area contributed by atoms with Gasteiger partial charge in [-0.15, -0.1) is 0 Å². The summed E-state index contributed by atoms with van der Waals surface area (Å²) in [5.74, 6) is 0.781. The Kier molecular flexibility index (Phi) is 7.02. The maximum absolute atomic E-state index is 12.6. The molecule has 0 spiro atoms. The molecule has 0 aliphatic carbocycles. The molecule has 0 heterocycles. The third-order valence-electron chi connectivity index (χ3n) is 4.20. The molecule has 0 radical (unpaired) electrons. The van der Waals surface area contributed by atoms with Gasteiger partial charge in [-0.2, -0.15) is 0 Å². The fourth-order valence-corrected chi connectivity index (χ4v) is 3.12. The first kappa shape index (κ1) is 21.0. The van der Waals surface area contributed by atoms with Crippen molar-refractivity contribution in [1.29, 1.82) is 0 Å². The molecule has 0 aliphatic heterocycles. The van der Waals surface area contributed by atoms with E-state index >= 15 is 0 Å². The molecule has 3 aromatic carbocycles. The number of hydrogen-bond acceptors (Lipinski definition) is 3. The quantitative estimate of drug-likeness (QED) is 0.464. The third-order valence-corrected chi connectivity index (χ3v) is 4.75. The first-order chi connectivity index (χ1) is 14.0. The summed E-state index contributed by atoms with van der Waals surface area (Å²) in [6.07, 6.45) is 0. The van der Waals surface area contributed by atoms with E-state index in [1.165, 1.54) is 5.56 Å². The predicted octanol–water partition coefficient (Wildman–Crippen LogP) is 6.53. The number of nitrogens with one attached hydrogen (secondary N) is 1. The van der Waals surface area contributed by atoms with Crippen molar-refractivity contribution in [2.75, 3.05) is 11.9 Å². The van der Waals surface area contributed by atoms with Gasteiger partial charge in [-0.25, -0.2) is 0 Å². The smallest absolute Gasteiger partial charge is 0.255 e. The third kappa shape index (κ3) is 5.66. The number of benzene rings is 3. The Balaban J connectivity index is 1.75. The minimum Gasteiger partial charge on any atom is -0.490 e. The van der Waals surface area contributed by atoms with Crippen molar-refractivity contribution in [2.24, 2.45) is 0 Å². The first-order valence-electron chi connectivity index (χ1n) is 9.18. The van der Waals surface area contributed by atoms with E-state index < -0.39 is 0 Å². The molecule has 1 N–H and O–H groups in total. The SMILES string of the molecule is CCOc1cc(C(=O)Nc2ccc(Cl)cc2Cl)ccc1OCc1ccc(C)cc1. The minimum atomic E-state index is -0.305. The number of aryl methyl sites for hydroxylation is 1. The van der Waals surface area contributed by atoms with Gasteiger partial charge in [0.05, 0.1) is 17.3 Å². The van der Waals surface area contributed by atoms with Gasteiger partial charge in [0.2, 0.25) is 0 Å². The highest BCUT2D eigenvalue weighted by atomic mass is 35.5. The molecule has 3 aromatic rings. The van der Waals surface area contributed by atoms with Crippen molar-refractivity contribution in [1.82, 2.24) is 0 Å². The van der Waals surface area contributed by atoms with E-state index in [0.717, 1.165) is 5.56 Å². The van der Waals surface area contributed by atoms with Crippen LogP contribution in [0.5, 0.6) is 11.5 Å². The first-order valence-corrected chi connectivity index (χ1v) is 9.93. The summed E-state index contributed by atoms with van der Waals surface area (Å²) in [4.78, 5) is 12.6. The zero-order chi connectivity index (χ0) is 20.8. The van der Waals surface area contributed by atoms with Gasteiger partial charge in [0.25, 0.3) is 5.91 Å². The second-order valence-electron chi connectivity index (χ2n) is 6.45. The Morgan fingerprint density at radius 1 is 0.931 bits per heavy atom. The summed E-state index contributed by atoms with van der Waals surface area (Å²) >= 11 is 12.0. The van der Waals surface area contributed by atoms with Crippen molar-refractivity contribution in [3.8, 4) is 11.5 Å². The molecule has 0 fully saturated rings. The van der Waals surface area contributed by atoms with Gasteiger partial charge >= 0.3 is 0 Å². The number of hydrogen-bond donors (Lipinski definition) is 1. The Morgan fingerprint density at radius 3 is 2.38 bits per heavy atom. The van der Waals surface area contributed by atoms with Crippen molar-refractivity contribution < 1.29 is 14.3 Å². The maximum atomic E-state index is 12.6. The summed E-state index contributed by atoms with van der Waals surface area (Å²) in [6, 6.07) is 18.1. The fraction of sp³-hybridized carbons (Fsp3) is 0.174. The molecular weight excluding hydrogens is 409 g/mol. The largest absolute Gasteiger partial charge is 0.490 e. The highest BCUT2D eigenvalue weighted by molar-refractivity contribution is 6.36. The zero-order valence-corrected chi connectivity index (χ0v) is 17.7. The lowest BCUT2D eigenvalue weighted by molar-refractivity contribution is 0.102. The van der Waals surface area contributed by atoms with E-state index in [1.54, 1.807) is 36.4 Å². The molecule has 29 heavy (non-hydrogen) atoms. The van der Waals surface area contributed by atoms with E-state index in [9.17, 15) is 4.79 Å². The number of halogens is 2. The van der Waals surface area contributed by atoms with Crippen LogP contribution >= 0.6 is 23.2 Å². The van der Waals surface area contributed by atoms with E-state index in [-0.39, 0.29) is 5.91 Å². The highest BCUT2D eigenvalue weighted by Gasteiger charge is 2.13. The van der Waals surface area contributed by atoms with Gasteiger partial charge in [-0.05, 0) is 55.8 Å². The van der Waals surface area contributed by atoms with Crippen LogP contribution in [0.25, 0.3) is 0 Å². The van der Waals surface area contributed by atoms with Crippen LogP contribution in [-0.2, 0) is 6.61 Å². The lowest BCUT2D eigenvalue weighted by Gasteiger charge is -2.14. The minimum absolute atomic E-state index is 0.305. The number of carbonyl (C=O) groups is 1. The number of ether oxygens (including phenoxy) is 2. The van der Waals surface area contributed by atoms with E-state index in [0.29, 0.717) is 46.0 Å². The molecule has 3 rings (SSSR count). The Hall–Kier alpha value is -2.69. The Morgan fingerprint density at radius 2 is 1.69 bits per heavy atom. The summed E-state index contributed by atoms with van der Waals surface area (Å²) in [7, 11) is 0. The molecule has 0 aromatic heterocycles. The number of rotatable bonds is 7. The average molecular weight is 430 g/mol. The Labute approximate surface area is 180 Å². The molecule has 0 saturated carbocycles. The molecule has 0 aliphatic rings. The van der Waals surface area contributed by atoms with Crippen molar-refractivity contribution >= 4 is 34.8 Å². The van der Waals surface area contributed by atoms with Crippen molar-refractivity contribution in [3.63, 3.8) is 0 Å². The molecule has 0 atom stereocenters. The molecule has 0 saturated heterocycles. The zero-order valence-electron chi connectivity index (χ0n) is 16.2. The summed E-state index contributed by atoms with van der Waals surface area (Å²) in [6.45, 7) is 4.78. The summed E-state index contributed by atoms with van der Waals surface area (Å²) in [5, 5.41) is 3.65. The van der Waals surface area contributed by atoms with Crippen LogP contribution < -0.4 is 14.8 Å². The monoisotopic (exact) mass is 429 g/mol. The molecular formula is C23H21Cl2NO3. The van der Waals surface area contributed by atoms with E-state index in [1.807, 2.05) is 38.1 Å². The standard InChI is InChI=1S/C23H21Cl2NO3/c1-3-28-22-12-17(23(27)26-20-10-9-18(24)13-19(20)25)8-11-21(22)29-14-16-6-4-15(2)5-7-16/h4-13H,3,14H2,1-2H3,(H,26,27). The molecule has 0 unspecified atom stereocenters. The lowest BCUT2D eigenvalue weighted by atomic mass is 10.1. The number of anilines is 1. The molecule has 1 amide bonds. The van der Waals surface area contributed by atoms with Crippen molar-refractivity contribution in [3.05, 3.63) is 87.4 Å². The van der Waals surface area contributed by atoms with Crippen LogP contribution in [0.4, 0.5) is 5.69 Å². The second-order valence-corrected chi connectivity index (χ2v) is 7.29. The topological polar surface area (TPSA) is 47.6 Å². The lowest BCUT2D eigenvalue weighted by Crippen LogP contribution is -2.12. The van der Waals surface area contributed by atoms with Crippen LogP contribution in [0, 0.1) is 6.92 Å². The molecule has 0 bridgehead atoms. The fourth-order valence-electron chi connectivity index (χ4n) is 2.67. The van der Waals surface area contributed by atoms with Gasteiger partial charge in [0.15, 0.2) is 11.5 Å². The van der Waals surface area contributed by atoms with Gasteiger partial charge in [0, 0.05) is 10.6 Å². The van der Waals surface area contributed by atoms with Crippen LogP contribution in [0.1, 0.15) is 28.4 Å². The van der Waals surface area contributed by atoms with Crippen LogP contribution in [-0.4, -0.2) is 12.5 Å². The number of carbonyl (C=O) groups excluding carboxylic acids is 1. The van der Waals surface area contributed by atoms with E-state index in [2.05, 4.69) is 5.32 Å². The molecule has 4 nitrogen and oxygen atoms in total. The molecule has 150 valence electrons. The Bertz CT molecular complexity index is 1000. The highest BCUT2D eigenvalue weighted by Crippen LogP contribution is 2.31. The normalized spacial score (nSPS) is 10.5. The second kappa shape index (κ2) is 9.68. The number of amides is 1. The maximum Gasteiger partial charge on any atom is 0.255 e.